The van der Waals surface area contributed by atoms with Crippen molar-refractivity contribution >= 4 is 26.0 Å². The van der Waals surface area contributed by atoms with Crippen molar-refractivity contribution in [1.82, 2.24) is 4.31 Å². The molecule has 0 aromatic heterocycles. The number of hydrogen-bond acceptors (Lipinski definition) is 3. The lowest BCUT2D eigenvalue weighted by atomic mass is 10.1. The summed E-state index contributed by atoms with van der Waals surface area (Å²) in [6, 6.07) is 7.14. The Morgan fingerprint density at radius 1 is 1.28 bits per heavy atom. The number of sulfonamides is 1. The number of halogens is 1. The summed E-state index contributed by atoms with van der Waals surface area (Å²) in [6.07, 6.45) is 0. The highest BCUT2D eigenvalue weighted by Crippen LogP contribution is 2.15. The van der Waals surface area contributed by atoms with E-state index in [1.807, 2.05) is 0 Å². The van der Waals surface area contributed by atoms with Gasteiger partial charge in [-0.05, 0) is 31.5 Å². The third-order valence-corrected chi connectivity index (χ3v) is 4.65. The van der Waals surface area contributed by atoms with E-state index in [0.717, 1.165) is 10.0 Å². The number of rotatable bonds is 5. The normalized spacial score (nSPS) is 13.0. The first-order valence-corrected chi connectivity index (χ1v) is 7.91. The maximum Gasteiger partial charge on any atom is 0.218 e. The van der Waals surface area contributed by atoms with Gasteiger partial charge in [0.2, 0.25) is 10.0 Å². The van der Waals surface area contributed by atoms with E-state index in [2.05, 4.69) is 15.9 Å². The summed E-state index contributed by atoms with van der Waals surface area (Å²) >= 11 is 3.30. The number of nitrogens with zero attached hydrogens (tertiary/aromatic N) is 1. The van der Waals surface area contributed by atoms with Gasteiger partial charge in [0.25, 0.3) is 0 Å². The first kappa shape index (κ1) is 15.6. The maximum atomic E-state index is 12.1. The predicted octanol–water partition coefficient (Wildman–Crippen LogP) is 1.98. The molecular weight excluding hydrogens is 318 g/mol. The van der Waals surface area contributed by atoms with Crippen LogP contribution < -0.4 is 0 Å². The van der Waals surface area contributed by atoms with Crippen molar-refractivity contribution in [3.8, 4) is 0 Å². The van der Waals surface area contributed by atoms with Gasteiger partial charge in [-0.3, -0.25) is 0 Å². The number of likely N-dealkylation sites (N-methyl/N-ethyl adjacent to an activating group) is 1. The van der Waals surface area contributed by atoms with Crippen molar-refractivity contribution in [3.05, 3.63) is 34.3 Å². The zero-order valence-electron chi connectivity index (χ0n) is 10.7. The SMILES string of the molecule is CN(CC(C)(C)O)S(=O)(=O)Cc1ccc(Br)cc1. The van der Waals surface area contributed by atoms with Crippen LogP contribution >= 0.6 is 15.9 Å². The molecular formula is C12H18BrNO3S. The predicted molar refractivity (Wildman–Crippen MR) is 75.7 cm³/mol. The minimum atomic E-state index is -3.40. The highest BCUT2D eigenvalue weighted by molar-refractivity contribution is 9.10. The van der Waals surface area contributed by atoms with Crippen molar-refractivity contribution in [3.63, 3.8) is 0 Å². The Hall–Kier alpha value is -0.430. The Labute approximate surface area is 117 Å². The fourth-order valence-electron chi connectivity index (χ4n) is 1.54. The summed E-state index contributed by atoms with van der Waals surface area (Å²) in [5.41, 5.74) is -0.317. The van der Waals surface area contributed by atoms with Crippen molar-refractivity contribution in [2.75, 3.05) is 13.6 Å². The van der Waals surface area contributed by atoms with Gasteiger partial charge in [-0.2, -0.15) is 0 Å². The zero-order valence-corrected chi connectivity index (χ0v) is 13.1. The second-order valence-electron chi connectivity index (χ2n) is 4.95. The zero-order chi connectivity index (χ0) is 14.0. The molecule has 0 bridgehead atoms. The summed E-state index contributed by atoms with van der Waals surface area (Å²) in [7, 11) is -1.92. The van der Waals surface area contributed by atoms with Gasteiger partial charge in [-0.15, -0.1) is 0 Å². The molecule has 0 heterocycles. The van der Waals surface area contributed by atoms with E-state index in [1.165, 1.54) is 11.4 Å². The monoisotopic (exact) mass is 335 g/mol. The molecule has 1 rings (SSSR count). The van der Waals surface area contributed by atoms with Crippen LogP contribution in [0.4, 0.5) is 0 Å². The van der Waals surface area contributed by atoms with E-state index >= 15 is 0 Å². The van der Waals surface area contributed by atoms with E-state index < -0.39 is 15.6 Å². The Bertz CT molecular complexity index is 491. The summed E-state index contributed by atoms with van der Waals surface area (Å²) in [5.74, 6) is -0.0626. The van der Waals surface area contributed by atoms with E-state index in [9.17, 15) is 13.5 Å². The van der Waals surface area contributed by atoms with Crippen LogP contribution in [0.2, 0.25) is 0 Å². The van der Waals surface area contributed by atoms with E-state index in [1.54, 1.807) is 38.1 Å². The van der Waals surface area contributed by atoms with Crippen LogP contribution in [0, 0.1) is 0 Å². The van der Waals surface area contributed by atoms with Gasteiger partial charge < -0.3 is 5.11 Å². The summed E-state index contributed by atoms with van der Waals surface area (Å²) < 4.78 is 26.2. The number of benzene rings is 1. The Kier molecular flexibility index (Phi) is 4.94. The molecule has 1 aromatic rings. The fourth-order valence-corrected chi connectivity index (χ4v) is 3.16. The molecule has 1 N–H and O–H groups in total. The van der Waals surface area contributed by atoms with Gasteiger partial charge in [-0.1, -0.05) is 28.1 Å². The molecule has 4 nitrogen and oxygen atoms in total. The minimum Gasteiger partial charge on any atom is -0.389 e. The number of hydrogen-bond donors (Lipinski definition) is 1. The molecule has 0 aliphatic carbocycles. The highest BCUT2D eigenvalue weighted by atomic mass is 79.9. The topological polar surface area (TPSA) is 57.6 Å². The lowest BCUT2D eigenvalue weighted by Crippen LogP contribution is -2.40. The third kappa shape index (κ3) is 5.06. The molecule has 0 aliphatic heterocycles. The first-order chi connectivity index (χ1) is 8.10. The second kappa shape index (κ2) is 5.69. The molecule has 0 saturated heterocycles. The molecule has 0 radical (unpaired) electrons. The molecule has 18 heavy (non-hydrogen) atoms. The van der Waals surface area contributed by atoms with Gasteiger partial charge in [0.15, 0.2) is 0 Å². The van der Waals surface area contributed by atoms with Crippen LogP contribution in [-0.4, -0.2) is 37.0 Å². The highest BCUT2D eigenvalue weighted by Gasteiger charge is 2.24. The van der Waals surface area contributed by atoms with E-state index in [0.29, 0.717) is 0 Å². The molecule has 6 heteroatoms. The molecule has 0 saturated carbocycles. The molecule has 0 fully saturated rings. The quantitative estimate of drug-likeness (QED) is 0.895. The van der Waals surface area contributed by atoms with Crippen molar-refractivity contribution < 1.29 is 13.5 Å². The standard InChI is InChI=1S/C12H18BrNO3S/c1-12(2,15)9-14(3)18(16,17)8-10-4-6-11(13)7-5-10/h4-7,15H,8-9H2,1-3H3. The molecule has 0 amide bonds. The number of aliphatic hydroxyl groups is 1. The van der Waals surface area contributed by atoms with Crippen LogP contribution in [0.25, 0.3) is 0 Å². The van der Waals surface area contributed by atoms with Gasteiger partial charge in [0.05, 0.1) is 11.4 Å². The molecule has 0 spiro atoms. The molecule has 0 atom stereocenters. The lowest BCUT2D eigenvalue weighted by Gasteiger charge is -2.25. The molecule has 0 aliphatic rings. The second-order valence-corrected chi connectivity index (χ2v) is 7.94. The summed E-state index contributed by atoms with van der Waals surface area (Å²) in [5, 5.41) is 9.64. The molecule has 1 aromatic carbocycles. The Balaban J connectivity index is 2.79. The lowest BCUT2D eigenvalue weighted by molar-refractivity contribution is 0.0639. The van der Waals surface area contributed by atoms with Crippen LogP contribution in [-0.2, 0) is 15.8 Å². The van der Waals surface area contributed by atoms with Crippen molar-refractivity contribution in [2.45, 2.75) is 25.2 Å². The minimum absolute atomic E-state index is 0.0626. The van der Waals surface area contributed by atoms with E-state index in [4.69, 9.17) is 0 Å². The average molecular weight is 336 g/mol. The van der Waals surface area contributed by atoms with Gasteiger partial charge in [0, 0.05) is 18.1 Å². The van der Waals surface area contributed by atoms with Crippen LogP contribution in [0.3, 0.4) is 0 Å². The molecule has 102 valence electrons. The van der Waals surface area contributed by atoms with Crippen LogP contribution in [0.15, 0.2) is 28.7 Å². The van der Waals surface area contributed by atoms with Crippen molar-refractivity contribution in [1.29, 1.82) is 0 Å². The Morgan fingerprint density at radius 2 is 1.78 bits per heavy atom. The smallest absolute Gasteiger partial charge is 0.218 e. The van der Waals surface area contributed by atoms with Gasteiger partial charge in [0.1, 0.15) is 0 Å². The largest absolute Gasteiger partial charge is 0.389 e. The fraction of sp³-hybridized carbons (Fsp3) is 0.500. The summed E-state index contributed by atoms with van der Waals surface area (Å²) in [4.78, 5) is 0. The van der Waals surface area contributed by atoms with Crippen molar-refractivity contribution in [2.24, 2.45) is 0 Å². The maximum absolute atomic E-state index is 12.1. The third-order valence-electron chi connectivity index (χ3n) is 2.35. The van der Waals surface area contributed by atoms with Crippen LogP contribution in [0.5, 0.6) is 0 Å². The molecule has 0 unspecified atom stereocenters. The summed E-state index contributed by atoms with van der Waals surface area (Å²) in [6.45, 7) is 3.24. The Morgan fingerprint density at radius 3 is 2.22 bits per heavy atom. The van der Waals surface area contributed by atoms with Gasteiger partial charge >= 0.3 is 0 Å². The van der Waals surface area contributed by atoms with Gasteiger partial charge in [-0.25, -0.2) is 12.7 Å². The first-order valence-electron chi connectivity index (χ1n) is 5.51. The van der Waals surface area contributed by atoms with E-state index in [-0.39, 0.29) is 12.3 Å². The van der Waals surface area contributed by atoms with Crippen LogP contribution in [0.1, 0.15) is 19.4 Å². The average Bonchev–Trinajstić information content (AvgIpc) is 2.18.